The van der Waals surface area contributed by atoms with Gasteiger partial charge in [0.05, 0.1) is 5.58 Å². The minimum Gasteiger partial charge on any atom is -0.500 e. The number of pyridine rings is 3. The van der Waals surface area contributed by atoms with Gasteiger partial charge in [-0.2, -0.15) is 0 Å². The maximum Gasteiger partial charge on any atom is 0.128 e. The molecule has 4 aromatic heterocycles. The first-order valence-corrected chi connectivity index (χ1v) is 14.8. The number of hydrogen-bond acceptors (Lipinski definition) is 4. The molecule has 4 nitrogen and oxygen atoms in total. The molecule has 1 radical (unpaired) electrons. The first kappa shape index (κ1) is 27.4. The van der Waals surface area contributed by atoms with Crippen LogP contribution < -0.4 is 0 Å². The molecule has 0 fully saturated rings. The van der Waals surface area contributed by atoms with Gasteiger partial charge in [-0.1, -0.05) is 41.3 Å². The third-order valence-corrected chi connectivity index (χ3v) is 8.08. The summed E-state index contributed by atoms with van der Waals surface area (Å²) in [5.41, 5.74) is 11.3. The first-order valence-electron chi connectivity index (χ1n) is 16.3. The SMILES string of the molecule is Cc1cc(-c2c(C)c(C)cc3ccncc23)c2oc3c(-c4ccccn4)[c-]ccc3c2c1.[2H]C([2H])([2H])c1ccc(-c2[c-]cccc2)nc1.[Ir]. The van der Waals surface area contributed by atoms with E-state index in [-0.39, 0.29) is 25.7 Å². The second-order valence-corrected chi connectivity index (χ2v) is 11.1. The Hall–Kier alpha value is -4.96. The van der Waals surface area contributed by atoms with E-state index in [1.165, 1.54) is 33.8 Å². The van der Waals surface area contributed by atoms with Gasteiger partial charge >= 0.3 is 0 Å². The van der Waals surface area contributed by atoms with Crippen molar-refractivity contribution in [2.75, 3.05) is 0 Å². The van der Waals surface area contributed by atoms with Gasteiger partial charge in [-0.05, 0) is 96.5 Å². The van der Waals surface area contributed by atoms with Gasteiger partial charge in [0.15, 0.2) is 0 Å². The molecule has 8 aromatic rings. The van der Waals surface area contributed by atoms with Crippen LogP contribution in [0.15, 0.2) is 120 Å². The molecule has 0 amide bonds. The molecule has 0 aliphatic rings. The second kappa shape index (κ2) is 13.2. The molecule has 0 saturated carbocycles. The Balaban J connectivity index is 0.000000208. The van der Waals surface area contributed by atoms with Crippen molar-refractivity contribution in [3.63, 3.8) is 0 Å². The van der Waals surface area contributed by atoms with Gasteiger partial charge in [0, 0.05) is 65.3 Å². The number of aromatic nitrogens is 3. The molecular formula is C41H31IrN3O-2. The third kappa shape index (κ3) is 5.88. The largest absolute Gasteiger partial charge is 0.500 e. The van der Waals surface area contributed by atoms with Gasteiger partial charge < -0.3 is 14.4 Å². The van der Waals surface area contributed by atoms with Crippen LogP contribution in [0, 0.1) is 39.8 Å². The fourth-order valence-corrected chi connectivity index (χ4v) is 5.81. The molecule has 0 N–H and O–H groups in total. The van der Waals surface area contributed by atoms with E-state index in [1.807, 2.05) is 54.9 Å². The fourth-order valence-electron chi connectivity index (χ4n) is 5.81. The van der Waals surface area contributed by atoms with Crippen LogP contribution in [-0.4, -0.2) is 15.0 Å². The van der Waals surface area contributed by atoms with Crippen molar-refractivity contribution in [1.29, 1.82) is 0 Å². The quantitative estimate of drug-likeness (QED) is 0.168. The van der Waals surface area contributed by atoms with Crippen molar-refractivity contribution in [2.45, 2.75) is 27.6 Å². The summed E-state index contributed by atoms with van der Waals surface area (Å²) in [4.78, 5) is 13.1. The van der Waals surface area contributed by atoms with E-state index in [1.54, 1.807) is 24.4 Å². The fraction of sp³-hybridized carbons (Fsp3) is 0.0976. The molecule has 4 aromatic carbocycles. The van der Waals surface area contributed by atoms with Crippen LogP contribution in [0.2, 0.25) is 0 Å². The van der Waals surface area contributed by atoms with Crippen molar-refractivity contribution in [3.05, 3.63) is 150 Å². The van der Waals surface area contributed by atoms with Crippen LogP contribution in [-0.2, 0) is 20.1 Å². The Kier molecular flexibility index (Phi) is 7.84. The minimum absolute atomic E-state index is 0. The smallest absolute Gasteiger partial charge is 0.128 e. The molecule has 0 saturated heterocycles. The van der Waals surface area contributed by atoms with Crippen molar-refractivity contribution >= 4 is 32.7 Å². The molecule has 0 unspecified atom stereocenters. The molecule has 46 heavy (non-hydrogen) atoms. The van der Waals surface area contributed by atoms with Crippen LogP contribution in [0.1, 0.15) is 26.4 Å². The average molecular weight is 777 g/mol. The van der Waals surface area contributed by atoms with Crippen molar-refractivity contribution < 1.29 is 28.6 Å². The zero-order valence-corrected chi connectivity index (χ0v) is 27.9. The maximum atomic E-state index is 7.23. The Labute approximate surface area is 286 Å². The van der Waals surface area contributed by atoms with Crippen LogP contribution in [0.4, 0.5) is 0 Å². The van der Waals surface area contributed by atoms with Crippen LogP contribution in [0.5, 0.6) is 0 Å². The zero-order chi connectivity index (χ0) is 33.4. The van der Waals surface area contributed by atoms with Crippen molar-refractivity contribution in [1.82, 2.24) is 15.0 Å². The predicted octanol–water partition coefficient (Wildman–Crippen LogP) is 10.4. The predicted molar refractivity (Wildman–Crippen MR) is 184 cm³/mol. The number of furan rings is 1. The van der Waals surface area contributed by atoms with E-state index >= 15 is 0 Å². The molecule has 4 heterocycles. The molecule has 0 aliphatic carbocycles. The van der Waals surface area contributed by atoms with E-state index in [9.17, 15) is 0 Å². The zero-order valence-electron chi connectivity index (χ0n) is 28.6. The van der Waals surface area contributed by atoms with Gasteiger partial charge in [0.1, 0.15) is 5.58 Å². The molecule has 0 spiro atoms. The van der Waals surface area contributed by atoms with Gasteiger partial charge in [-0.25, -0.2) is 0 Å². The number of nitrogens with zero attached hydrogens (tertiary/aromatic N) is 3. The average Bonchev–Trinajstić information content (AvgIpc) is 3.48. The molecule has 5 heteroatoms. The summed E-state index contributed by atoms with van der Waals surface area (Å²) in [6, 6.07) is 35.8. The number of aryl methyl sites for hydroxylation is 3. The molecule has 227 valence electrons. The molecule has 0 bridgehead atoms. The monoisotopic (exact) mass is 777 g/mol. The van der Waals surface area contributed by atoms with Gasteiger partial charge in [0.2, 0.25) is 0 Å². The number of rotatable bonds is 3. The molecule has 0 atom stereocenters. The van der Waals surface area contributed by atoms with Crippen molar-refractivity contribution in [3.8, 4) is 33.6 Å². The summed E-state index contributed by atoms with van der Waals surface area (Å²) in [6.45, 7) is 4.40. The Bertz CT molecular complexity index is 2410. The Morgan fingerprint density at radius 2 is 1.59 bits per heavy atom. The van der Waals surface area contributed by atoms with Crippen LogP contribution >= 0.6 is 0 Å². The number of hydrogen-bond donors (Lipinski definition) is 0. The molecule has 8 rings (SSSR count). The summed E-state index contributed by atoms with van der Waals surface area (Å²) >= 11 is 0. The van der Waals surface area contributed by atoms with E-state index in [2.05, 4.69) is 78.2 Å². The summed E-state index contributed by atoms with van der Waals surface area (Å²) in [5.74, 6) is 0. The van der Waals surface area contributed by atoms with Crippen LogP contribution in [0.25, 0.3) is 66.4 Å². The number of benzene rings is 4. The normalized spacial score (nSPS) is 12.1. The Morgan fingerprint density at radius 3 is 2.35 bits per heavy atom. The molecule has 0 aliphatic heterocycles. The number of fused-ring (bicyclic) bond motifs is 4. The first-order chi connectivity index (χ1) is 23.2. The molecular weight excluding hydrogens is 743 g/mol. The standard InChI is InChI=1S/C29H21N2O.C12H10N.Ir/c1-17-13-23-21-7-6-8-22(26-9-4-5-11-31-26)28(21)32-29(23)24(14-17)27-19(3)18(2)15-20-10-12-30-16-25(20)27;1-10-7-8-12(13-9-10)11-5-3-2-4-6-11;/h4-7,9-16H,1-3H3;2-5,7-9H,1H3;/q2*-1;/i;1D3;. The van der Waals surface area contributed by atoms with Crippen LogP contribution in [0.3, 0.4) is 0 Å². The van der Waals surface area contributed by atoms with E-state index < -0.39 is 6.85 Å². The third-order valence-electron chi connectivity index (χ3n) is 8.08. The van der Waals surface area contributed by atoms with Crippen molar-refractivity contribution in [2.24, 2.45) is 0 Å². The summed E-state index contributed by atoms with van der Waals surface area (Å²) < 4.78 is 28.3. The summed E-state index contributed by atoms with van der Waals surface area (Å²) in [5, 5.41) is 4.52. The van der Waals surface area contributed by atoms with Gasteiger partial charge in [-0.3, -0.25) is 4.98 Å². The summed E-state index contributed by atoms with van der Waals surface area (Å²) in [7, 11) is 0. The maximum absolute atomic E-state index is 7.23. The van der Waals surface area contributed by atoms with Gasteiger partial charge in [-0.15, -0.1) is 54.1 Å². The second-order valence-electron chi connectivity index (χ2n) is 11.1. The Morgan fingerprint density at radius 1 is 0.696 bits per heavy atom. The van der Waals surface area contributed by atoms with E-state index in [0.717, 1.165) is 55.4 Å². The summed E-state index contributed by atoms with van der Waals surface area (Å²) in [6.07, 6.45) is 7.00. The van der Waals surface area contributed by atoms with E-state index in [0.29, 0.717) is 0 Å². The topological polar surface area (TPSA) is 51.8 Å². The van der Waals surface area contributed by atoms with E-state index in [4.69, 9.17) is 8.53 Å². The van der Waals surface area contributed by atoms with Gasteiger partial charge in [0.25, 0.3) is 0 Å². The minimum atomic E-state index is -2.09.